The van der Waals surface area contributed by atoms with E-state index in [1.807, 2.05) is 48.8 Å². The van der Waals surface area contributed by atoms with Crippen molar-refractivity contribution in [2.75, 3.05) is 40.3 Å². The molecule has 3 amide bonds. The molecule has 1 aliphatic heterocycles. The molecule has 3 rings (SSSR count). The van der Waals surface area contributed by atoms with Gasteiger partial charge in [0.25, 0.3) is 5.91 Å². The predicted octanol–water partition coefficient (Wildman–Crippen LogP) is 3.12. The van der Waals surface area contributed by atoms with Crippen molar-refractivity contribution >= 4 is 17.7 Å². The van der Waals surface area contributed by atoms with Gasteiger partial charge in [0.15, 0.2) is 0 Å². The van der Waals surface area contributed by atoms with Crippen molar-refractivity contribution in [3.8, 4) is 5.75 Å². The van der Waals surface area contributed by atoms with Gasteiger partial charge in [0.2, 0.25) is 11.8 Å². The summed E-state index contributed by atoms with van der Waals surface area (Å²) in [5.74, 6) is 0.316. The Balaban J connectivity index is 1.81. The first-order chi connectivity index (χ1) is 18.1. The minimum atomic E-state index is -0.654. The van der Waals surface area contributed by atoms with E-state index < -0.39 is 11.5 Å². The molecule has 0 saturated carbocycles. The van der Waals surface area contributed by atoms with E-state index in [0.29, 0.717) is 37.4 Å². The zero-order chi connectivity index (χ0) is 27.7. The molecular weight excluding hydrogens is 480 g/mol. The number of hydrogen-bond donors (Lipinski definition) is 2. The van der Waals surface area contributed by atoms with Crippen LogP contribution in [0.15, 0.2) is 54.6 Å². The molecule has 2 aromatic carbocycles. The molecule has 38 heavy (non-hydrogen) atoms. The average Bonchev–Trinajstić information content (AvgIpc) is 3.37. The molecule has 2 N–H and O–H groups in total. The van der Waals surface area contributed by atoms with Crippen molar-refractivity contribution in [2.45, 2.75) is 52.1 Å². The third-order valence-electron chi connectivity index (χ3n) is 6.98. The minimum absolute atomic E-state index is 0.0717. The lowest BCUT2D eigenvalue weighted by atomic mass is 9.85. The van der Waals surface area contributed by atoms with Crippen LogP contribution < -0.4 is 15.4 Å². The second kappa shape index (κ2) is 13.4. The van der Waals surface area contributed by atoms with Gasteiger partial charge in [-0.1, -0.05) is 51.1 Å². The lowest BCUT2D eigenvalue weighted by Crippen LogP contribution is -2.58. The Bertz CT molecular complexity index is 1070. The van der Waals surface area contributed by atoms with Crippen LogP contribution in [0.5, 0.6) is 5.75 Å². The van der Waals surface area contributed by atoms with Crippen molar-refractivity contribution < 1.29 is 19.1 Å². The van der Waals surface area contributed by atoms with Crippen LogP contribution in [-0.2, 0) is 16.0 Å². The number of benzene rings is 2. The molecule has 0 aliphatic carbocycles. The largest absolute Gasteiger partial charge is 0.497 e. The van der Waals surface area contributed by atoms with Gasteiger partial charge in [0.1, 0.15) is 11.8 Å². The van der Waals surface area contributed by atoms with Crippen molar-refractivity contribution in [3.05, 3.63) is 65.7 Å². The van der Waals surface area contributed by atoms with E-state index in [-0.39, 0.29) is 30.3 Å². The number of carbonyl (C=O) groups excluding carboxylic acids is 3. The predicted molar refractivity (Wildman–Crippen MR) is 149 cm³/mol. The number of ether oxygens (including phenoxy) is 1. The van der Waals surface area contributed by atoms with Gasteiger partial charge in [-0.05, 0) is 61.6 Å². The van der Waals surface area contributed by atoms with Gasteiger partial charge >= 0.3 is 0 Å². The second-order valence-electron chi connectivity index (χ2n) is 10.9. The second-order valence-corrected chi connectivity index (χ2v) is 10.9. The summed E-state index contributed by atoms with van der Waals surface area (Å²) in [5, 5.41) is 5.77. The van der Waals surface area contributed by atoms with Gasteiger partial charge in [-0.3, -0.25) is 14.4 Å². The summed E-state index contributed by atoms with van der Waals surface area (Å²) in [4.78, 5) is 43.6. The lowest BCUT2D eigenvalue weighted by molar-refractivity contribution is -0.140. The van der Waals surface area contributed by atoms with Gasteiger partial charge in [-0.15, -0.1) is 0 Å². The van der Waals surface area contributed by atoms with E-state index in [4.69, 9.17) is 4.74 Å². The van der Waals surface area contributed by atoms with Gasteiger partial charge in [-0.2, -0.15) is 0 Å². The number of amides is 3. The van der Waals surface area contributed by atoms with Crippen LogP contribution in [0.1, 0.15) is 49.5 Å². The maximum absolute atomic E-state index is 13.8. The molecule has 0 spiro atoms. The number of likely N-dealkylation sites (N-methyl/N-ethyl adjacent to an activating group) is 1. The summed E-state index contributed by atoms with van der Waals surface area (Å²) in [6.45, 7) is 7.60. The highest BCUT2D eigenvalue weighted by atomic mass is 16.5. The van der Waals surface area contributed by atoms with E-state index in [1.165, 1.54) is 0 Å². The maximum atomic E-state index is 13.8. The molecule has 1 fully saturated rings. The number of carbonyl (C=O) groups is 3. The van der Waals surface area contributed by atoms with E-state index >= 15 is 0 Å². The molecule has 206 valence electrons. The summed E-state index contributed by atoms with van der Waals surface area (Å²) >= 11 is 0. The fourth-order valence-corrected chi connectivity index (χ4v) is 4.86. The van der Waals surface area contributed by atoms with Gasteiger partial charge in [-0.25, -0.2) is 0 Å². The molecule has 0 aromatic heterocycles. The van der Waals surface area contributed by atoms with Crippen molar-refractivity contribution in [2.24, 2.45) is 5.41 Å². The monoisotopic (exact) mass is 522 g/mol. The molecule has 8 heteroatoms. The topological polar surface area (TPSA) is 91.0 Å². The molecule has 0 radical (unpaired) electrons. The number of hydrogen-bond acceptors (Lipinski definition) is 5. The Morgan fingerprint density at radius 2 is 1.76 bits per heavy atom. The summed E-state index contributed by atoms with van der Waals surface area (Å²) in [6, 6.07) is 16.5. The van der Waals surface area contributed by atoms with E-state index in [1.54, 1.807) is 38.4 Å². The average molecular weight is 523 g/mol. The first kappa shape index (κ1) is 29.2. The van der Waals surface area contributed by atoms with Gasteiger partial charge in [0.05, 0.1) is 13.7 Å². The third-order valence-corrected chi connectivity index (χ3v) is 6.98. The number of nitrogens with zero attached hydrogens (tertiary/aromatic N) is 2. The Morgan fingerprint density at radius 3 is 2.37 bits per heavy atom. The fraction of sp³-hybridized carbons (Fsp3) is 0.500. The number of nitrogens with one attached hydrogen (secondary N) is 2. The van der Waals surface area contributed by atoms with Crippen molar-refractivity contribution in [1.82, 2.24) is 20.4 Å². The Labute approximate surface area is 226 Å². The zero-order valence-electron chi connectivity index (χ0n) is 23.3. The summed E-state index contributed by atoms with van der Waals surface area (Å²) in [5.41, 5.74) is 1.28. The van der Waals surface area contributed by atoms with E-state index in [0.717, 1.165) is 18.4 Å². The summed E-state index contributed by atoms with van der Waals surface area (Å²) in [6.07, 6.45) is 2.39. The zero-order valence-corrected chi connectivity index (χ0v) is 23.3. The van der Waals surface area contributed by atoms with Crippen LogP contribution in [0, 0.1) is 5.41 Å². The smallest absolute Gasteiger partial charge is 0.253 e. The Hall–Kier alpha value is -3.39. The van der Waals surface area contributed by atoms with Crippen LogP contribution >= 0.6 is 0 Å². The molecule has 8 nitrogen and oxygen atoms in total. The number of methoxy groups -OCH3 is 1. The number of likely N-dealkylation sites (tertiary alicyclic amines) is 1. The molecule has 1 aliphatic rings. The van der Waals surface area contributed by atoms with Crippen LogP contribution in [0.4, 0.5) is 0 Å². The van der Waals surface area contributed by atoms with E-state index in [2.05, 4.69) is 22.8 Å². The first-order valence-electron chi connectivity index (χ1n) is 13.4. The van der Waals surface area contributed by atoms with Gasteiger partial charge < -0.3 is 25.2 Å². The SMILES string of the molecule is CNCC(=O)NC(C(=O)N1CCC[C@H]1CN(CCc1ccccc1)C(=O)c1ccc(OC)cc1)C(C)(C)C. The van der Waals surface area contributed by atoms with E-state index in [9.17, 15) is 14.4 Å². The van der Waals surface area contributed by atoms with Gasteiger partial charge in [0, 0.05) is 31.2 Å². The molecule has 1 saturated heterocycles. The Kier molecular flexibility index (Phi) is 10.3. The molecular formula is C30H42N4O4. The molecule has 1 unspecified atom stereocenters. The number of rotatable bonds is 11. The molecule has 0 bridgehead atoms. The highest BCUT2D eigenvalue weighted by Crippen LogP contribution is 2.27. The van der Waals surface area contributed by atoms with Crippen molar-refractivity contribution in [3.63, 3.8) is 0 Å². The lowest BCUT2D eigenvalue weighted by Gasteiger charge is -2.37. The standard InChI is InChI=1S/C30H42N4O4/c1-30(2,3)27(32-26(35)20-31-4)29(37)34-18-9-12-24(34)21-33(19-17-22-10-7-6-8-11-22)28(36)23-13-15-25(38-5)16-14-23/h6-8,10-11,13-16,24,27,31H,9,12,17-21H2,1-5H3,(H,32,35)/t24-,27?/m0/s1. The third kappa shape index (κ3) is 7.81. The quantitative estimate of drug-likeness (QED) is 0.473. The summed E-state index contributed by atoms with van der Waals surface area (Å²) in [7, 11) is 3.30. The Morgan fingerprint density at radius 1 is 1.08 bits per heavy atom. The minimum Gasteiger partial charge on any atom is -0.497 e. The van der Waals surface area contributed by atoms with Crippen LogP contribution in [0.25, 0.3) is 0 Å². The highest BCUT2D eigenvalue weighted by molar-refractivity contribution is 5.94. The molecule has 2 atom stereocenters. The normalized spacial score (nSPS) is 16.1. The van der Waals surface area contributed by atoms with Crippen LogP contribution in [0.3, 0.4) is 0 Å². The molecule has 1 heterocycles. The highest BCUT2D eigenvalue weighted by Gasteiger charge is 2.40. The first-order valence-corrected chi connectivity index (χ1v) is 13.4. The fourth-order valence-electron chi connectivity index (χ4n) is 4.86. The van der Waals surface area contributed by atoms with Crippen molar-refractivity contribution in [1.29, 1.82) is 0 Å². The van der Waals surface area contributed by atoms with Crippen LogP contribution in [0.2, 0.25) is 0 Å². The summed E-state index contributed by atoms with van der Waals surface area (Å²) < 4.78 is 5.25. The maximum Gasteiger partial charge on any atom is 0.253 e. The van der Waals surface area contributed by atoms with Crippen LogP contribution in [-0.4, -0.2) is 79.9 Å². The molecule has 2 aromatic rings.